The molecule has 1 aromatic heterocycles. The molecule has 3 rings (SSSR count). The van der Waals surface area contributed by atoms with E-state index in [1.54, 1.807) is 0 Å². The molecule has 1 aromatic carbocycles. The summed E-state index contributed by atoms with van der Waals surface area (Å²) in [7, 11) is 0. The third-order valence-corrected chi connectivity index (χ3v) is 4.21. The molecule has 4 nitrogen and oxygen atoms in total. The monoisotopic (exact) mass is 270 g/mol. The van der Waals surface area contributed by atoms with E-state index in [-0.39, 0.29) is 0 Å². The van der Waals surface area contributed by atoms with E-state index in [1.165, 1.54) is 5.56 Å². The minimum absolute atomic E-state index is 0.548. The van der Waals surface area contributed by atoms with E-state index in [0.717, 1.165) is 43.1 Å². The molecular weight excluding hydrogens is 248 g/mol. The number of hydrogen-bond donors (Lipinski definition) is 1. The second-order valence-corrected chi connectivity index (χ2v) is 5.97. The molecule has 1 unspecified atom stereocenters. The van der Waals surface area contributed by atoms with Gasteiger partial charge in [0.1, 0.15) is 5.82 Å². The van der Waals surface area contributed by atoms with E-state index in [0.29, 0.717) is 11.8 Å². The van der Waals surface area contributed by atoms with Crippen LogP contribution in [-0.2, 0) is 13.0 Å². The lowest BCUT2D eigenvalue weighted by Gasteiger charge is -2.23. The van der Waals surface area contributed by atoms with Crippen LogP contribution in [0.1, 0.15) is 37.6 Å². The van der Waals surface area contributed by atoms with Gasteiger partial charge in [0.2, 0.25) is 0 Å². The van der Waals surface area contributed by atoms with Gasteiger partial charge in [-0.2, -0.15) is 0 Å². The van der Waals surface area contributed by atoms with Crippen molar-refractivity contribution in [3.8, 4) is 11.4 Å². The van der Waals surface area contributed by atoms with E-state index >= 15 is 0 Å². The maximum absolute atomic E-state index is 5.82. The molecule has 0 radical (unpaired) electrons. The van der Waals surface area contributed by atoms with Crippen molar-refractivity contribution >= 4 is 0 Å². The van der Waals surface area contributed by atoms with Gasteiger partial charge in [0.15, 0.2) is 5.82 Å². The highest BCUT2D eigenvalue weighted by atomic mass is 15.3. The van der Waals surface area contributed by atoms with E-state index in [9.17, 15) is 0 Å². The zero-order valence-electron chi connectivity index (χ0n) is 12.2. The maximum Gasteiger partial charge on any atom is 0.163 e. The molecule has 0 saturated carbocycles. The number of hydrogen-bond acceptors (Lipinski definition) is 3. The van der Waals surface area contributed by atoms with Crippen molar-refractivity contribution in [2.45, 2.75) is 39.2 Å². The van der Waals surface area contributed by atoms with Crippen molar-refractivity contribution in [3.63, 3.8) is 0 Å². The third-order valence-electron chi connectivity index (χ3n) is 4.21. The molecule has 1 aliphatic rings. The van der Waals surface area contributed by atoms with Gasteiger partial charge < -0.3 is 10.3 Å². The summed E-state index contributed by atoms with van der Waals surface area (Å²) in [6.45, 7) is 6.10. The van der Waals surface area contributed by atoms with Gasteiger partial charge in [-0.3, -0.25) is 0 Å². The minimum Gasteiger partial charge on any atom is -0.330 e. The molecule has 2 aromatic rings. The van der Waals surface area contributed by atoms with E-state index in [2.05, 4.69) is 52.9 Å². The van der Waals surface area contributed by atoms with Crippen molar-refractivity contribution in [3.05, 3.63) is 35.7 Å². The van der Waals surface area contributed by atoms with Crippen molar-refractivity contribution in [1.82, 2.24) is 14.8 Å². The summed E-state index contributed by atoms with van der Waals surface area (Å²) in [5, 5.41) is 8.71. The van der Waals surface area contributed by atoms with Crippen molar-refractivity contribution in [2.75, 3.05) is 6.54 Å². The highest BCUT2D eigenvalue weighted by Gasteiger charge is 2.22. The maximum atomic E-state index is 5.82. The van der Waals surface area contributed by atoms with Gasteiger partial charge in [-0.05, 0) is 30.4 Å². The molecule has 0 bridgehead atoms. The Balaban J connectivity index is 1.93. The molecule has 2 N–H and O–H groups in total. The first-order chi connectivity index (χ1) is 9.69. The van der Waals surface area contributed by atoms with E-state index in [4.69, 9.17) is 5.73 Å². The predicted octanol–water partition coefficient (Wildman–Crippen LogP) is 2.59. The van der Waals surface area contributed by atoms with Gasteiger partial charge in [0, 0.05) is 18.5 Å². The zero-order valence-corrected chi connectivity index (χ0v) is 12.2. The highest BCUT2D eigenvalue weighted by Crippen LogP contribution is 2.26. The average molecular weight is 270 g/mol. The lowest BCUT2D eigenvalue weighted by Crippen LogP contribution is -2.26. The second kappa shape index (κ2) is 5.37. The molecule has 0 amide bonds. The van der Waals surface area contributed by atoms with Crippen LogP contribution in [0.2, 0.25) is 0 Å². The first-order valence-corrected chi connectivity index (χ1v) is 7.41. The van der Waals surface area contributed by atoms with Gasteiger partial charge >= 0.3 is 0 Å². The second-order valence-electron chi connectivity index (χ2n) is 5.97. The molecular formula is C16H22N4. The number of nitrogens with zero attached hydrogens (tertiary/aromatic N) is 3. The fourth-order valence-electron chi connectivity index (χ4n) is 2.82. The van der Waals surface area contributed by atoms with Crippen LogP contribution < -0.4 is 5.73 Å². The Labute approximate surface area is 120 Å². The number of aryl methyl sites for hydroxylation is 1. The van der Waals surface area contributed by atoms with Gasteiger partial charge in [0.05, 0.1) is 0 Å². The molecule has 4 heteroatoms. The van der Waals surface area contributed by atoms with E-state index < -0.39 is 0 Å². The number of aromatic nitrogens is 3. The molecule has 20 heavy (non-hydrogen) atoms. The van der Waals surface area contributed by atoms with Gasteiger partial charge in [0.25, 0.3) is 0 Å². The quantitative estimate of drug-likeness (QED) is 0.932. The number of fused-ring (bicyclic) bond motifs is 1. The van der Waals surface area contributed by atoms with Crippen molar-refractivity contribution in [1.29, 1.82) is 0 Å². The van der Waals surface area contributed by atoms with Crippen LogP contribution in [0.15, 0.2) is 24.3 Å². The Morgan fingerprint density at radius 2 is 2.00 bits per heavy atom. The van der Waals surface area contributed by atoms with Crippen LogP contribution in [0.25, 0.3) is 11.4 Å². The van der Waals surface area contributed by atoms with Crippen LogP contribution in [0.4, 0.5) is 0 Å². The topological polar surface area (TPSA) is 56.7 Å². The molecule has 0 fully saturated rings. The highest BCUT2D eigenvalue weighted by molar-refractivity contribution is 5.56. The summed E-state index contributed by atoms with van der Waals surface area (Å²) in [6, 6.07) is 8.67. The number of nitrogens with two attached hydrogens (primary N) is 1. The molecule has 1 atom stereocenters. The van der Waals surface area contributed by atoms with Crippen LogP contribution in [0.5, 0.6) is 0 Å². The van der Waals surface area contributed by atoms with Gasteiger partial charge in [-0.25, -0.2) is 0 Å². The largest absolute Gasteiger partial charge is 0.330 e. The normalized spacial score (nSPS) is 18.3. The summed E-state index contributed by atoms with van der Waals surface area (Å²) in [4.78, 5) is 0. The summed E-state index contributed by atoms with van der Waals surface area (Å²) < 4.78 is 2.24. The predicted molar refractivity (Wildman–Crippen MR) is 80.4 cm³/mol. The first kappa shape index (κ1) is 13.3. The Hall–Kier alpha value is -1.68. The number of rotatable bonds is 3. The molecule has 0 spiro atoms. The summed E-state index contributed by atoms with van der Waals surface area (Å²) in [5.74, 6) is 3.18. The standard InChI is InChI=1S/C16H22N4/c1-11(2)13-4-6-14(7-5-13)16-19-18-15-8-3-12(9-17)10-20(15)16/h4-7,11-12H,3,8-10,17H2,1-2H3. The average Bonchev–Trinajstić information content (AvgIpc) is 2.90. The van der Waals surface area contributed by atoms with Gasteiger partial charge in [-0.15, -0.1) is 10.2 Å². The van der Waals surface area contributed by atoms with Crippen LogP contribution in [0, 0.1) is 5.92 Å². The van der Waals surface area contributed by atoms with Crippen LogP contribution in [0.3, 0.4) is 0 Å². The molecule has 1 aliphatic heterocycles. The van der Waals surface area contributed by atoms with Crippen molar-refractivity contribution < 1.29 is 0 Å². The third kappa shape index (κ3) is 2.36. The zero-order chi connectivity index (χ0) is 14.1. The smallest absolute Gasteiger partial charge is 0.163 e. The number of benzene rings is 1. The molecule has 0 aliphatic carbocycles. The lowest BCUT2D eigenvalue weighted by atomic mass is 9.99. The van der Waals surface area contributed by atoms with Crippen molar-refractivity contribution in [2.24, 2.45) is 11.7 Å². The fraction of sp³-hybridized carbons (Fsp3) is 0.500. The minimum atomic E-state index is 0.548. The van der Waals surface area contributed by atoms with Crippen LogP contribution >= 0.6 is 0 Å². The Kier molecular flexibility index (Phi) is 3.57. The lowest BCUT2D eigenvalue weighted by molar-refractivity contribution is 0.375. The molecule has 0 saturated heterocycles. The fourth-order valence-corrected chi connectivity index (χ4v) is 2.82. The summed E-state index contributed by atoms with van der Waals surface area (Å²) in [5.41, 5.74) is 8.31. The van der Waals surface area contributed by atoms with Gasteiger partial charge in [-0.1, -0.05) is 38.1 Å². The van der Waals surface area contributed by atoms with Crippen LogP contribution in [-0.4, -0.2) is 21.3 Å². The Bertz CT molecular complexity index is 583. The SMILES string of the molecule is CC(C)c1ccc(-c2nnc3n2CC(CN)CC3)cc1. The summed E-state index contributed by atoms with van der Waals surface area (Å²) in [6.07, 6.45) is 2.11. The molecule has 2 heterocycles. The Morgan fingerprint density at radius 1 is 1.25 bits per heavy atom. The Morgan fingerprint density at radius 3 is 2.65 bits per heavy atom. The molecule has 106 valence electrons. The first-order valence-electron chi connectivity index (χ1n) is 7.41. The summed E-state index contributed by atoms with van der Waals surface area (Å²) >= 11 is 0. The van der Waals surface area contributed by atoms with E-state index in [1.807, 2.05) is 0 Å².